The third-order valence-electron chi connectivity index (χ3n) is 5.52. The summed E-state index contributed by atoms with van der Waals surface area (Å²) in [5.74, 6) is 2.26. The number of fused-ring (bicyclic) bond motifs is 1. The molecule has 4 aromatic rings. The van der Waals surface area contributed by atoms with E-state index >= 15 is 0 Å². The van der Waals surface area contributed by atoms with Crippen LogP contribution in [0, 0.1) is 18.3 Å². The Kier molecular flexibility index (Phi) is 5.65. The average molecular weight is 457 g/mol. The van der Waals surface area contributed by atoms with Crippen LogP contribution in [0.1, 0.15) is 18.2 Å². The van der Waals surface area contributed by atoms with E-state index in [-0.39, 0.29) is 6.10 Å². The van der Waals surface area contributed by atoms with Gasteiger partial charge >= 0.3 is 0 Å². The maximum atomic E-state index is 9.04. The normalized spacial score (nSPS) is 15.8. The van der Waals surface area contributed by atoms with Gasteiger partial charge in [-0.05, 0) is 37.6 Å². The fraction of sp³-hybridized carbons (Fsp3) is 0.304. The molecule has 0 aliphatic carbocycles. The van der Waals surface area contributed by atoms with Gasteiger partial charge in [-0.1, -0.05) is 0 Å². The Hall–Kier alpha value is -4.30. The number of morpholine rings is 1. The van der Waals surface area contributed by atoms with Gasteiger partial charge in [0.1, 0.15) is 17.3 Å². The maximum Gasteiger partial charge on any atom is 0.223 e. The van der Waals surface area contributed by atoms with Crippen molar-refractivity contribution in [3.63, 3.8) is 0 Å². The first-order valence-electron chi connectivity index (χ1n) is 10.8. The van der Waals surface area contributed by atoms with Gasteiger partial charge in [-0.15, -0.1) is 10.2 Å². The third-order valence-corrected chi connectivity index (χ3v) is 5.52. The van der Waals surface area contributed by atoms with Gasteiger partial charge in [0.05, 0.1) is 30.9 Å². The van der Waals surface area contributed by atoms with Crippen LogP contribution in [0.15, 0.2) is 36.8 Å². The summed E-state index contributed by atoms with van der Waals surface area (Å²) in [6, 6.07) is 9.27. The molecule has 1 N–H and O–H groups in total. The lowest BCUT2D eigenvalue weighted by molar-refractivity contribution is 0.0529. The summed E-state index contributed by atoms with van der Waals surface area (Å²) in [5, 5.41) is 21.1. The number of aromatic nitrogens is 6. The minimum Gasteiger partial charge on any atom is -0.437 e. The Balaban J connectivity index is 1.42. The highest BCUT2D eigenvalue weighted by Gasteiger charge is 2.19. The Bertz CT molecular complexity index is 1380. The largest absolute Gasteiger partial charge is 0.437 e. The molecule has 1 aliphatic heterocycles. The number of hydrogen-bond donors (Lipinski definition) is 1. The van der Waals surface area contributed by atoms with Gasteiger partial charge in [-0.3, -0.25) is 0 Å². The molecule has 4 aromatic heterocycles. The SMILES string of the molecule is Cc1cc(C#N)ncc1Oc1cc(Nc2ccc(N3CCO[C@H](C)C3)nn2)c2ncn(C)c2n1. The number of aryl methyl sites for hydroxylation is 2. The second-order valence-corrected chi connectivity index (χ2v) is 8.11. The summed E-state index contributed by atoms with van der Waals surface area (Å²) in [7, 11) is 1.86. The number of anilines is 3. The van der Waals surface area contributed by atoms with Gasteiger partial charge in [-0.25, -0.2) is 9.97 Å². The van der Waals surface area contributed by atoms with Crippen molar-refractivity contribution in [3.05, 3.63) is 48.0 Å². The molecule has 1 aliphatic rings. The minimum atomic E-state index is 0.163. The molecule has 0 bridgehead atoms. The monoisotopic (exact) mass is 457 g/mol. The van der Waals surface area contributed by atoms with E-state index in [2.05, 4.69) is 35.4 Å². The molecule has 11 nitrogen and oxygen atoms in total. The first-order valence-corrected chi connectivity index (χ1v) is 10.8. The summed E-state index contributed by atoms with van der Waals surface area (Å²) < 4.78 is 13.4. The van der Waals surface area contributed by atoms with Crippen molar-refractivity contribution in [3.8, 4) is 17.7 Å². The zero-order valence-corrected chi connectivity index (χ0v) is 19.1. The van der Waals surface area contributed by atoms with Crippen LogP contribution in [0.4, 0.5) is 17.3 Å². The van der Waals surface area contributed by atoms with Gasteiger partial charge in [0.15, 0.2) is 23.0 Å². The molecule has 5 heterocycles. The fourth-order valence-electron chi connectivity index (χ4n) is 3.77. The zero-order chi connectivity index (χ0) is 23.7. The maximum absolute atomic E-state index is 9.04. The van der Waals surface area contributed by atoms with Crippen molar-refractivity contribution in [1.82, 2.24) is 29.7 Å². The van der Waals surface area contributed by atoms with Gasteiger partial charge in [-0.2, -0.15) is 10.2 Å². The number of hydrogen-bond acceptors (Lipinski definition) is 10. The van der Waals surface area contributed by atoms with Crippen molar-refractivity contribution in [2.45, 2.75) is 20.0 Å². The third kappa shape index (κ3) is 4.31. The number of nitrogens with one attached hydrogen (secondary N) is 1. The molecule has 172 valence electrons. The number of imidazole rings is 1. The minimum absolute atomic E-state index is 0.163. The van der Waals surface area contributed by atoms with Crippen molar-refractivity contribution < 1.29 is 9.47 Å². The first kappa shape index (κ1) is 21.5. The lowest BCUT2D eigenvalue weighted by Crippen LogP contribution is -2.41. The number of pyridine rings is 2. The quantitative estimate of drug-likeness (QED) is 0.477. The lowest BCUT2D eigenvalue weighted by atomic mass is 10.2. The van der Waals surface area contributed by atoms with Crippen molar-refractivity contribution in [2.75, 3.05) is 29.9 Å². The molecule has 5 rings (SSSR count). The number of ether oxygens (including phenoxy) is 2. The van der Waals surface area contributed by atoms with Gasteiger partial charge in [0.2, 0.25) is 5.88 Å². The summed E-state index contributed by atoms with van der Waals surface area (Å²) in [5.41, 5.74) is 3.12. The van der Waals surface area contributed by atoms with Crippen LogP contribution < -0.4 is 15.0 Å². The molecular weight excluding hydrogens is 434 g/mol. The van der Waals surface area contributed by atoms with Crippen LogP contribution in [-0.2, 0) is 11.8 Å². The van der Waals surface area contributed by atoms with Crippen LogP contribution in [0.3, 0.4) is 0 Å². The zero-order valence-electron chi connectivity index (χ0n) is 19.1. The van der Waals surface area contributed by atoms with Crippen LogP contribution in [0.25, 0.3) is 11.2 Å². The highest BCUT2D eigenvalue weighted by Crippen LogP contribution is 2.31. The van der Waals surface area contributed by atoms with E-state index in [1.54, 1.807) is 18.5 Å². The smallest absolute Gasteiger partial charge is 0.223 e. The van der Waals surface area contributed by atoms with Gasteiger partial charge in [0, 0.05) is 26.2 Å². The van der Waals surface area contributed by atoms with Gasteiger partial charge in [0.25, 0.3) is 0 Å². The summed E-state index contributed by atoms with van der Waals surface area (Å²) in [4.78, 5) is 15.3. The standard InChI is InChI=1S/C23H23N9O2/c1-14-8-16(10-24)25-11-18(14)34-21-9-17(22-23(28-21)31(3)13-26-22)27-19-4-5-20(30-29-19)32-6-7-33-15(2)12-32/h4-5,8-9,11,13,15H,6-7,12H2,1-3H3,(H,27,28,29)/t15-/m1/s1. The van der Waals surface area contributed by atoms with E-state index in [4.69, 9.17) is 14.7 Å². The van der Waals surface area contributed by atoms with Crippen LogP contribution >= 0.6 is 0 Å². The summed E-state index contributed by atoms with van der Waals surface area (Å²) in [6.07, 6.45) is 3.37. The molecule has 0 unspecified atom stereocenters. The van der Waals surface area contributed by atoms with E-state index in [0.717, 1.165) is 24.5 Å². The molecule has 1 saturated heterocycles. The molecule has 1 fully saturated rings. The van der Waals surface area contributed by atoms with E-state index in [1.807, 2.05) is 43.7 Å². The van der Waals surface area contributed by atoms with Crippen molar-refractivity contribution in [2.24, 2.45) is 7.05 Å². The second kappa shape index (κ2) is 8.92. The second-order valence-electron chi connectivity index (χ2n) is 8.11. The van der Waals surface area contributed by atoms with Crippen LogP contribution in [-0.4, -0.2) is 55.5 Å². The van der Waals surface area contributed by atoms with E-state index in [9.17, 15) is 0 Å². The van der Waals surface area contributed by atoms with Crippen molar-refractivity contribution in [1.29, 1.82) is 5.26 Å². The predicted molar refractivity (Wildman–Crippen MR) is 125 cm³/mol. The topological polar surface area (TPSA) is 127 Å². The first-order chi connectivity index (χ1) is 16.5. The number of rotatable bonds is 5. The molecule has 1 atom stereocenters. The molecule has 34 heavy (non-hydrogen) atoms. The fourth-order valence-corrected chi connectivity index (χ4v) is 3.77. The predicted octanol–water partition coefficient (Wildman–Crippen LogP) is 3.09. The number of nitriles is 1. The molecular formula is C23H23N9O2. The Morgan fingerprint density at radius 3 is 2.85 bits per heavy atom. The molecule has 0 radical (unpaired) electrons. The average Bonchev–Trinajstić information content (AvgIpc) is 3.22. The summed E-state index contributed by atoms with van der Waals surface area (Å²) >= 11 is 0. The van der Waals surface area contributed by atoms with Gasteiger partial charge < -0.3 is 24.3 Å². The molecule has 0 saturated carbocycles. The molecule has 0 amide bonds. The molecule has 11 heteroatoms. The van der Waals surface area contributed by atoms with E-state index in [1.165, 1.54) is 6.20 Å². The van der Waals surface area contributed by atoms with Crippen molar-refractivity contribution >= 4 is 28.5 Å². The Labute approximate surface area is 196 Å². The highest BCUT2D eigenvalue weighted by molar-refractivity contribution is 5.88. The Morgan fingerprint density at radius 2 is 2.12 bits per heavy atom. The highest BCUT2D eigenvalue weighted by atomic mass is 16.5. The Morgan fingerprint density at radius 1 is 1.24 bits per heavy atom. The van der Waals surface area contributed by atoms with E-state index < -0.39 is 0 Å². The van der Waals surface area contributed by atoms with Crippen LogP contribution in [0.5, 0.6) is 11.6 Å². The molecule has 0 aromatic carbocycles. The molecule has 0 spiro atoms. The van der Waals surface area contributed by atoms with Crippen LogP contribution in [0.2, 0.25) is 0 Å². The van der Waals surface area contributed by atoms with E-state index in [0.29, 0.717) is 46.6 Å². The lowest BCUT2D eigenvalue weighted by Gasteiger charge is -2.31. The number of nitrogens with zero attached hydrogens (tertiary/aromatic N) is 8. The summed E-state index contributed by atoms with van der Waals surface area (Å²) in [6.45, 7) is 6.15.